The fourth-order valence-electron chi connectivity index (χ4n) is 0.700. The van der Waals surface area contributed by atoms with Crippen molar-refractivity contribution >= 4 is 20.2 Å². The van der Waals surface area contributed by atoms with Crippen molar-refractivity contribution in [1.29, 1.82) is 0 Å². The third-order valence-electron chi connectivity index (χ3n) is 1.66. The summed E-state index contributed by atoms with van der Waals surface area (Å²) in [6, 6.07) is 0. The van der Waals surface area contributed by atoms with Gasteiger partial charge in [0.25, 0.3) is 0 Å². The zero-order valence-electron chi connectivity index (χ0n) is 10.3. The first-order chi connectivity index (χ1) is 7.16. The van der Waals surface area contributed by atoms with E-state index < -0.39 is 27.1 Å². The molecule has 1 unspecified atom stereocenters. The minimum Gasteiger partial charge on any atom is -0.394 e. The summed E-state index contributed by atoms with van der Waals surface area (Å²) in [4.78, 5) is 9.17. The molecule has 0 aromatic carbocycles. The number of halogens is 1. The summed E-state index contributed by atoms with van der Waals surface area (Å²) in [5.41, 5.74) is 0. The predicted octanol–water partition coefficient (Wildman–Crippen LogP) is -0.399. The Bertz CT molecular complexity index is 247. The van der Waals surface area contributed by atoms with Gasteiger partial charge in [0.15, 0.2) is 0 Å². The third-order valence-corrected chi connectivity index (χ3v) is 2.64. The average Bonchev–Trinajstić information content (AvgIpc) is 2.12. The van der Waals surface area contributed by atoms with Gasteiger partial charge >= 0.3 is 7.82 Å². The number of nitrogens with zero attached hydrogens (tertiary/aromatic N) is 1. The van der Waals surface area contributed by atoms with E-state index in [4.69, 9.17) is 15.1 Å². The molecule has 106 valence electrons. The van der Waals surface area contributed by atoms with E-state index in [0.29, 0.717) is 11.0 Å². The van der Waals surface area contributed by atoms with Crippen LogP contribution in [0.1, 0.15) is 0 Å². The van der Waals surface area contributed by atoms with Crippen molar-refractivity contribution in [2.24, 2.45) is 0 Å². The fourth-order valence-corrected chi connectivity index (χ4v) is 1.45. The van der Waals surface area contributed by atoms with E-state index in [1.54, 1.807) is 0 Å². The van der Waals surface area contributed by atoms with Gasteiger partial charge in [-0.05, 0) is 0 Å². The van der Waals surface area contributed by atoms with Gasteiger partial charge in [0.2, 0.25) is 0 Å². The monoisotopic (exact) mass is 294 g/mol. The minimum absolute atomic E-state index is 0. The summed E-state index contributed by atoms with van der Waals surface area (Å²) in [6.45, 7) is -0.337. The Kier molecular flexibility index (Phi) is 9.69. The first-order valence-electron chi connectivity index (χ1n) is 4.87. The topological polar surface area (TPSA) is 96.2 Å². The normalized spacial score (nSPS) is 17.1. The maximum Gasteiger partial charge on any atom is 0.472 e. The van der Waals surface area contributed by atoms with Gasteiger partial charge in [-0.15, -0.1) is 12.4 Å². The first-order valence-corrected chi connectivity index (χ1v) is 6.37. The lowest BCUT2D eigenvalue weighted by molar-refractivity contribution is -0.870. The second kappa shape index (κ2) is 8.39. The number of phosphoric acid groups is 1. The number of rotatable bonds is 8. The molecule has 0 fully saturated rings. The van der Waals surface area contributed by atoms with Crippen molar-refractivity contribution in [2.75, 3.05) is 47.5 Å². The van der Waals surface area contributed by atoms with Crippen molar-refractivity contribution in [3.8, 4) is 0 Å². The van der Waals surface area contributed by atoms with Crippen LogP contribution in [0.4, 0.5) is 0 Å². The second-order valence-electron chi connectivity index (χ2n) is 4.45. The second-order valence-corrected chi connectivity index (χ2v) is 5.90. The molecule has 0 bridgehead atoms. The van der Waals surface area contributed by atoms with Gasteiger partial charge in [0.05, 0.1) is 34.4 Å². The van der Waals surface area contributed by atoms with E-state index in [-0.39, 0.29) is 19.0 Å². The van der Waals surface area contributed by atoms with E-state index in [1.165, 1.54) is 0 Å². The van der Waals surface area contributed by atoms with Crippen LogP contribution in [0.15, 0.2) is 0 Å². The molecular weight excluding hydrogens is 273 g/mol. The zero-order chi connectivity index (χ0) is 12.8. The van der Waals surface area contributed by atoms with Crippen molar-refractivity contribution in [3.05, 3.63) is 0 Å². The molecule has 0 aliphatic rings. The number of phosphoric ester groups is 1. The van der Waals surface area contributed by atoms with Crippen molar-refractivity contribution < 1.29 is 33.2 Å². The van der Waals surface area contributed by atoms with Crippen molar-refractivity contribution in [2.45, 2.75) is 6.10 Å². The number of hydrogen-bond acceptors (Lipinski definition) is 5. The molecule has 0 spiro atoms. The lowest BCUT2D eigenvalue weighted by Crippen LogP contribution is -2.37. The summed E-state index contributed by atoms with van der Waals surface area (Å²) in [6.07, 6.45) is -1.18. The van der Waals surface area contributed by atoms with Gasteiger partial charge in [-0.3, -0.25) is 9.05 Å². The maximum atomic E-state index is 11.2. The first kappa shape index (κ1) is 19.6. The average molecular weight is 295 g/mol. The van der Waals surface area contributed by atoms with E-state index in [1.807, 2.05) is 21.1 Å². The smallest absolute Gasteiger partial charge is 0.394 e. The van der Waals surface area contributed by atoms with E-state index in [0.717, 1.165) is 0 Å². The molecule has 0 aromatic heterocycles. The van der Waals surface area contributed by atoms with Gasteiger partial charge in [0.1, 0.15) is 19.3 Å². The van der Waals surface area contributed by atoms with Crippen LogP contribution in [0.3, 0.4) is 0 Å². The molecule has 17 heavy (non-hydrogen) atoms. The maximum absolute atomic E-state index is 11.2. The van der Waals surface area contributed by atoms with Crippen LogP contribution in [0.2, 0.25) is 0 Å². The molecule has 0 aliphatic carbocycles. The Morgan fingerprint density at radius 1 is 1.29 bits per heavy atom. The highest BCUT2D eigenvalue weighted by molar-refractivity contribution is 7.47. The number of hydrogen-bond donors (Lipinski definition) is 3. The summed E-state index contributed by atoms with van der Waals surface area (Å²) >= 11 is 0. The van der Waals surface area contributed by atoms with Crippen LogP contribution < -0.4 is 0 Å². The van der Waals surface area contributed by atoms with Gasteiger partial charge < -0.3 is 19.6 Å². The molecule has 0 saturated carbocycles. The van der Waals surface area contributed by atoms with Crippen LogP contribution in [-0.4, -0.2) is 73.2 Å². The lowest BCUT2D eigenvalue weighted by Gasteiger charge is -2.24. The molecule has 3 N–H and O–H groups in total. The quantitative estimate of drug-likeness (QED) is 0.416. The molecule has 0 amide bonds. The molecule has 0 aliphatic heterocycles. The molecule has 2 atom stereocenters. The van der Waals surface area contributed by atoms with Gasteiger partial charge in [0, 0.05) is 0 Å². The van der Waals surface area contributed by atoms with Gasteiger partial charge in [-0.2, -0.15) is 0 Å². The molecule has 0 heterocycles. The Morgan fingerprint density at radius 3 is 2.24 bits per heavy atom. The molecule has 0 saturated heterocycles. The molecule has 9 heteroatoms. The van der Waals surface area contributed by atoms with Crippen molar-refractivity contribution in [3.63, 3.8) is 0 Å². The standard InChI is InChI=1S/C8H20NO6P.ClH/c1-9(2,3)4-5-14-16(12,13)15-7-8(11)6-10;/h8,10-11H,4-7H2,1-3H3;1H/p+1/t8-;/m1./s1. The van der Waals surface area contributed by atoms with Crippen LogP contribution in [0, 0.1) is 0 Å². The third kappa shape index (κ3) is 12.5. The van der Waals surface area contributed by atoms with Crippen LogP contribution in [-0.2, 0) is 13.6 Å². The summed E-state index contributed by atoms with van der Waals surface area (Å²) in [5, 5.41) is 17.4. The minimum atomic E-state index is -4.13. The van der Waals surface area contributed by atoms with E-state index in [2.05, 4.69) is 9.05 Å². The largest absolute Gasteiger partial charge is 0.472 e. The highest BCUT2D eigenvalue weighted by atomic mass is 35.5. The SMILES string of the molecule is C[N+](C)(C)CCOP(=O)(O)OC[C@H](O)CO.Cl. The van der Waals surface area contributed by atoms with E-state index in [9.17, 15) is 4.57 Å². The number of aliphatic hydroxyl groups is 2. The summed E-state index contributed by atoms with van der Waals surface area (Å²) in [5.74, 6) is 0. The molecule has 7 nitrogen and oxygen atoms in total. The summed E-state index contributed by atoms with van der Waals surface area (Å²) in [7, 11) is 1.63. The molecule has 0 aromatic rings. The van der Waals surface area contributed by atoms with Crippen molar-refractivity contribution in [1.82, 2.24) is 0 Å². The van der Waals surface area contributed by atoms with Crippen LogP contribution in [0.5, 0.6) is 0 Å². The number of quaternary nitrogens is 1. The Labute approximate surface area is 108 Å². The number of aliphatic hydroxyl groups excluding tert-OH is 2. The highest BCUT2D eigenvalue weighted by Crippen LogP contribution is 2.42. The Hall–Kier alpha value is 0.280. The Balaban J connectivity index is 0. The van der Waals surface area contributed by atoms with E-state index >= 15 is 0 Å². The zero-order valence-corrected chi connectivity index (χ0v) is 12.0. The highest BCUT2D eigenvalue weighted by Gasteiger charge is 2.23. The fraction of sp³-hybridized carbons (Fsp3) is 1.00. The van der Waals surface area contributed by atoms with Crippen LogP contribution >= 0.6 is 20.2 Å². The Morgan fingerprint density at radius 2 is 1.82 bits per heavy atom. The molecule has 0 rings (SSSR count). The van der Waals surface area contributed by atoms with Gasteiger partial charge in [-0.25, -0.2) is 4.57 Å². The van der Waals surface area contributed by atoms with Gasteiger partial charge in [-0.1, -0.05) is 0 Å². The molecular formula is C8H22ClNO6P+. The summed E-state index contributed by atoms with van der Waals surface area (Å²) < 4.78 is 21.0. The number of likely N-dealkylation sites (N-methyl/N-ethyl adjacent to an activating group) is 1. The predicted molar refractivity (Wildman–Crippen MR) is 65.0 cm³/mol. The lowest BCUT2D eigenvalue weighted by atomic mass is 10.4. The molecule has 0 radical (unpaired) electrons. The van der Waals surface area contributed by atoms with Crippen LogP contribution in [0.25, 0.3) is 0 Å².